The van der Waals surface area contributed by atoms with E-state index in [1.807, 2.05) is 6.92 Å². The molecule has 5 heteroatoms. The highest BCUT2D eigenvalue weighted by Crippen LogP contribution is 2.19. The van der Waals surface area contributed by atoms with Crippen molar-refractivity contribution in [3.63, 3.8) is 0 Å². The van der Waals surface area contributed by atoms with E-state index in [0.717, 1.165) is 9.87 Å². The summed E-state index contributed by atoms with van der Waals surface area (Å²) in [6.07, 6.45) is 0.329. The maximum Gasteiger partial charge on any atom is 0.243 e. The number of aliphatic hydroxyl groups excluding tert-OH is 1. The van der Waals surface area contributed by atoms with Gasteiger partial charge in [-0.05, 0) is 24.6 Å². The summed E-state index contributed by atoms with van der Waals surface area (Å²) in [5.41, 5.74) is 1.41. The van der Waals surface area contributed by atoms with Crippen molar-refractivity contribution in [1.82, 2.24) is 4.31 Å². The molecule has 0 aliphatic rings. The van der Waals surface area contributed by atoms with Gasteiger partial charge in [-0.15, -0.1) is 0 Å². The highest BCUT2D eigenvalue weighted by molar-refractivity contribution is 7.89. The lowest BCUT2D eigenvalue weighted by atomic mass is 10.1. The normalized spacial score (nSPS) is 11.2. The number of benzene rings is 1. The van der Waals surface area contributed by atoms with Crippen molar-refractivity contribution >= 4 is 10.0 Å². The number of hydrogen-bond donors (Lipinski definition) is 1. The van der Waals surface area contributed by atoms with Crippen molar-refractivity contribution in [3.05, 3.63) is 29.3 Å². The molecular weight excluding hydrogens is 250 g/mol. The quantitative estimate of drug-likeness (QED) is 0.831. The average Bonchev–Trinajstić information content (AvgIpc) is 2.29. The zero-order chi connectivity index (χ0) is 13.8. The van der Waals surface area contributed by atoms with Crippen molar-refractivity contribution < 1.29 is 13.5 Å². The summed E-state index contributed by atoms with van der Waals surface area (Å²) in [7, 11) is -0.521. The summed E-state index contributed by atoms with van der Waals surface area (Å²) in [6, 6.07) is 5.04. The van der Waals surface area contributed by atoms with E-state index in [4.69, 9.17) is 5.11 Å². The van der Waals surface area contributed by atoms with Crippen LogP contribution in [0.15, 0.2) is 23.1 Å². The number of nitrogens with zero attached hydrogens (tertiary/aromatic N) is 1. The molecule has 98 valence electrons. The smallest absolute Gasteiger partial charge is 0.243 e. The van der Waals surface area contributed by atoms with Crippen molar-refractivity contribution in [2.75, 3.05) is 20.7 Å². The number of aryl methyl sites for hydroxylation is 1. The summed E-state index contributed by atoms with van der Waals surface area (Å²) in [5, 5.41) is 8.69. The molecule has 0 heterocycles. The lowest BCUT2D eigenvalue weighted by Gasteiger charge is -2.13. The molecule has 18 heavy (non-hydrogen) atoms. The predicted octanol–water partition coefficient (Wildman–Crippen LogP) is 0.979. The third-order valence-electron chi connectivity index (χ3n) is 2.35. The first-order valence-corrected chi connectivity index (χ1v) is 6.96. The van der Waals surface area contributed by atoms with Gasteiger partial charge in [-0.1, -0.05) is 17.9 Å². The molecule has 1 rings (SSSR count). The van der Waals surface area contributed by atoms with Gasteiger partial charge >= 0.3 is 0 Å². The molecule has 0 radical (unpaired) electrons. The molecule has 0 aliphatic carbocycles. The highest BCUT2D eigenvalue weighted by atomic mass is 32.2. The van der Waals surface area contributed by atoms with Gasteiger partial charge < -0.3 is 5.11 Å². The second kappa shape index (κ2) is 6.01. The lowest BCUT2D eigenvalue weighted by molar-refractivity contribution is 0.305. The Morgan fingerprint density at radius 1 is 1.33 bits per heavy atom. The van der Waals surface area contributed by atoms with Crippen LogP contribution in [-0.4, -0.2) is 38.5 Å². The Balaban J connectivity index is 3.34. The molecule has 0 aliphatic heterocycles. The van der Waals surface area contributed by atoms with Crippen LogP contribution in [0.5, 0.6) is 0 Å². The van der Waals surface area contributed by atoms with Crippen LogP contribution in [0.3, 0.4) is 0 Å². The standard InChI is InChI=1S/C13H17NO3S/c1-11-7-8-13(18(16,17)14(2)3)12(10-11)6-4-5-9-15/h7-8,10,15H,5,9H2,1-3H3. The molecule has 0 unspecified atom stereocenters. The third kappa shape index (κ3) is 3.33. The zero-order valence-corrected chi connectivity index (χ0v) is 11.6. The maximum absolute atomic E-state index is 12.1. The number of sulfonamides is 1. The fraction of sp³-hybridized carbons (Fsp3) is 0.385. The molecule has 4 nitrogen and oxygen atoms in total. The molecular formula is C13H17NO3S. The van der Waals surface area contributed by atoms with Crippen molar-refractivity contribution in [1.29, 1.82) is 0 Å². The number of hydrogen-bond acceptors (Lipinski definition) is 3. The maximum atomic E-state index is 12.1. The van der Waals surface area contributed by atoms with Crippen LogP contribution in [0, 0.1) is 18.8 Å². The van der Waals surface area contributed by atoms with Gasteiger partial charge in [-0.25, -0.2) is 12.7 Å². The second-order valence-electron chi connectivity index (χ2n) is 4.06. The molecule has 0 spiro atoms. The van der Waals surface area contributed by atoms with Gasteiger partial charge in [0.05, 0.1) is 11.5 Å². The van der Waals surface area contributed by atoms with E-state index in [1.165, 1.54) is 14.1 Å². The van der Waals surface area contributed by atoms with Crippen LogP contribution in [0.4, 0.5) is 0 Å². The van der Waals surface area contributed by atoms with Gasteiger partial charge in [-0.2, -0.15) is 0 Å². The van der Waals surface area contributed by atoms with E-state index < -0.39 is 10.0 Å². The Morgan fingerprint density at radius 3 is 2.56 bits per heavy atom. The summed E-state index contributed by atoms with van der Waals surface area (Å²) in [5.74, 6) is 5.55. The van der Waals surface area contributed by atoms with E-state index in [1.54, 1.807) is 18.2 Å². The Labute approximate surface area is 108 Å². The van der Waals surface area contributed by atoms with Crippen molar-refractivity contribution in [2.45, 2.75) is 18.2 Å². The first-order chi connectivity index (χ1) is 8.39. The minimum atomic E-state index is -3.49. The van der Waals surface area contributed by atoms with E-state index >= 15 is 0 Å². The summed E-state index contributed by atoms with van der Waals surface area (Å²) in [4.78, 5) is 0.198. The number of aliphatic hydroxyl groups is 1. The average molecular weight is 267 g/mol. The molecule has 1 aromatic carbocycles. The van der Waals surface area contributed by atoms with Gasteiger partial charge in [0.2, 0.25) is 10.0 Å². The third-order valence-corrected chi connectivity index (χ3v) is 4.23. The summed E-state index contributed by atoms with van der Waals surface area (Å²) in [6.45, 7) is 1.85. The molecule has 0 saturated heterocycles. The van der Waals surface area contributed by atoms with Crippen molar-refractivity contribution in [2.24, 2.45) is 0 Å². The van der Waals surface area contributed by atoms with Gasteiger partial charge in [-0.3, -0.25) is 0 Å². The summed E-state index contributed by atoms with van der Waals surface area (Å²) < 4.78 is 25.4. The highest BCUT2D eigenvalue weighted by Gasteiger charge is 2.20. The van der Waals surface area contributed by atoms with E-state index in [2.05, 4.69) is 11.8 Å². The second-order valence-corrected chi connectivity index (χ2v) is 6.18. The first kappa shape index (κ1) is 14.7. The Bertz CT molecular complexity index is 580. The SMILES string of the molecule is Cc1ccc(S(=O)(=O)N(C)C)c(C#CCCO)c1. The largest absolute Gasteiger partial charge is 0.395 e. The van der Waals surface area contributed by atoms with Crippen LogP contribution in [0.25, 0.3) is 0 Å². The lowest BCUT2D eigenvalue weighted by Crippen LogP contribution is -2.23. The summed E-state index contributed by atoms with van der Waals surface area (Å²) >= 11 is 0. The van der Waals surface area contributed by atoms with E-state index in [-0.39, 0.29) is 11.5 Å². The predicted molar refractivity (Wildman–Crippen MR) is 70.6 cm³/mol. The minimum Gasteiger partial charge on any atom is -0.395 e. The van der Waals surface area contributed by atoms with E-state index in [0.29, 0.717) is 12.0 Å². The van der Waals surface area contributed by atoms with Gasteiger partial charge in [0, 0.05) is 26.1 Å². The van der Waals surface area contributed by atoms with Crippen molar-refractivity contribution in [3.8, 4) is 11.8 Å². The number of rotatable bonds is 3. The Morgan fingerprint density at radius 2 is 2.00 bits per heavy atom. The minimum absolute atomic E-state index is 0.0332. The van der Waals surface area contributed by atoms with Crippen LogP contribution >= 0.6 is 0 Å². The molecule has 0 aromatic heterocycles. The fourth-order valence-electron chi connectivity index (χ4n) is 1.38. The molecule has 0 amide bonds. The van der Waals surface area contributed by atoms with Crippen LogP contribution < -0.4 is 0 Å². The van der Waals surface area contributed by atoms with E-state index in [9.17, 15) is 8.42 Å². The first-order valence-electron chi connectivity index (χ1n) is 5.52. The van der Waals surface area contributed by atoms with Crippen LogP contribution in [0.2, 0.25) is 0 Å². The zero-order valence-electron chi connectivity index (χ0n) is 10.8. The molecule has 1 N–H and O–H groups in total. The molecule has 0 bridgehead atoms. The Kier molecular flexibility index (Phi) is 4.91. The van der Waals surface area contributed by atoms with Crippen LogP contribution in [-0.2, 0) is 10.0 Å². The van der Waals surface area contributed by atoms with Gasteiger partial charge in [0.25, 0.3) is 0 Å². The fourth-order valence-corrected chi connectivity index (χ4v) is 2.40. The monoisotopic (exact) mass is 267 g/mol. The van der Waals surface area contributed by atoms with Gasteiger partial charge in [0.1, 0.15) is 0 Å². The van der Waals surface area contributed by atoms with Crippen LogP contribution in [0.1, 0.15) is 17.5 Å². The topological polar surface area (TPSA) is 57.6 Å². The Hall–Kier alpha value is -1.35. The molecule has 0 saturated carbocycles. The van der Waals surface area contributed by atoms with Gasteiger partial charge in [0.15, 0.2) is 0 Å². The molecule has 0 atom stereocenters. The molecule has 1 aromatic rings. The molecule has 0 fully saturated rings.